The molecule has 1 aliphatic rings. The SMILES string of the molecule is Cc1cccc(NC(=O)CSCC(=O)NCc2ccc(C[NH+]3CCCCC3)cc2)c1. The van der Waals surface area contributed by atoms with Gasteiger partial charge in [-0.1, -0.05) is 36.4 Å². The molecule has 2 aromatic carbocycles. The largest absolute Gasteiger partial charge is 0.351 e. The van der Waals surface area contributed by atoms with Crippen LogP contribution in [0.4, 0.5) is 5.69 Å². The molecule has 6 heteroatoms. The van der Waals surface area contributed by atoms with E-state index in [0.29, 0.717) is 6.54 Å². The van der Waals surface area contributed by atoms with E-state index in [1.807, 2.05) is 31.2 Å². The van der Waals surface area contributed by atoms with Crippen LogP contribution in [0.3, 0.4) is 0 Å². The molecule has 2 amide bonds. The fourth-order valence-corrected chi connectivity index (χ4v) is 4.35. The van der Waals surface area contributed by atoms with Crippen LogP contribution in [0.15, 0.2) is 48.5 Å². The van der Waals surface area contributed by atoms with Crippen molar-refractivity contribution in [2.45, 2.75) is 39.3 Å². The molecule has 0 aliphatic carbocycles. The van der Waals surface area contributed by atoms with Crippen LogP contribution in [0.2, 0.25) is 0 Å². The molecule has 0 saturated carbocycles. The first-order valence-corrected chi connectivity index (χ1v) is 11.9. The maximum atomic E-state index is 12.1. The molecule has 0 atom stereocenters. The molecule has 1 heterocycles. The molecule has 1 saturated heterocycles. The summed E-state index contributed by atoms with van der Waals surface area (Å²) in [6.07, 6.45) is 4.05. The maximum Gasteiger partial charge on any atom is 0.234 e. The van der Waals surface area contributed by atoms with E-state index >= 15 is 0 Å². The molecular formula is C24H32N3O2S+. The van der Waals surface area contributed by atoms with E-state index in [-0.39, 0.29) is 23.3 Å². The van der Waals surface area contributed by atoms with Crippen molar-refractivity contribution in [1.82, 2.24) is 5.32 Å². The minimum absolute atomic E-state index is 0.0507. The van der Waals surface area contributed by atoms with Gasteiger partial charge in [0, 0.05) is 17.8 Å². The second-order valence-electron chi connectivity index (χ2n) is 7.99. The average molecular weight is 427 g/mol. The topological polar surface area (TPSA) is 62.6 Å². The molecule has 1 fully saturated rings. The number of thioether (sulfide) groups is 1. The molecule has 0 radical (unpaired) electrons. The number of hydrogen-bond acceptors (Lipinski definition) is 3. The normalized spacial score (nSPS) is 14.3. The number of hydrogen-bond donors (Lipinski definition) is 3. The number of nitrogens with one attached hydrogen (secondary N) is 3. The highest BCUT2D eigenvalue weighted by Gasteiger charge is 2.13. The highest BCUT2D eigenvalue weighted by Crippen LogP contribution is 2.10. The number of amides is 2. The third-order valence-electron chi connectivity index (χ3n) is 5.30. The molecule has 0 aromatic heterocycles. The monoisotopic (exact) mass is 426 g/mol. The molecule has 30 heavy (non-hydrogen) atoms. The third kappa shape index (κ3) is 7.84. The van der Waals surface area contributed by atoms with E-state index in [0.717, 1.165) is 23.4 Å². The van der Waals surface area contributed by atoms with E-state index in [2.05, 4.69) is 34.9 Å². The van der Waals surface area contributed by atoms with E-state index in [1.54, 1.807) is 4.90 Å². The van der Waals surface area contributed by atoms with Gasteiger partial charge in [0.1, 0.15) is 6.54 Å². The summed E-state index contributed by atoms with van der Waals surface area (Å²) < 4.78 is 0. The molecular weight excluding hydrogens is 394 g/mol. The van der Waals surface area contributed by atoms with Crippen LogP contribution in [0.5, 0.6) is 0 Å². The number of quaternary nitrogens is 1. The Hall–Kier alpha value is -2.31. The van der Waals surface area contributed by atoms with Gasteiger partial charge in [-0.05, 0) is 49.4 Å². The zero-order valence-electron chi connectivity index (χ0n) is 17.7. The lowest BCUT2D eigenvalue weighted by molar-refractivity contribution is -0.918. The van der Waals surface area contributed by atoms with Crippen LogP contribution in [0.1, 0.15) is 36.0 Å². The molecule has 1 aliphatic heterocycles. The van der Waals surface area contributed by atoms with Gasteiger partial charge in [0.25, 0.3) is 0 Å². The predicted octanol–water partition coefficient (Wildman–Crippen LogP) is 2.55. The molecule has 2 aromatic rings. The Bertz CT molecular complexity index is 833. The molecule has 3 N–H and O–H groups in total. The molecule has 0 spiro atoms. The van der Waals surface area contributed by atoms with Crippen molar-refractivity contribution >= 4 is 29.3 Å². The highest BCUT2D eigenvalue weighted by molar-refractivity contribution is 8.00. The minimum atomic E-state index is -0.0928. The Kier molecular flexibility index (Phi) is 8.78. The van der Waals surface area contributed by atoms with E-state index in [4.69, 9.17) is 0 Å². The number of likely N-dealkylation sites (tertiary alicyclic amines) is 1. The van der Waals surface area contributed by atoms with Crippen molar-refractivity contribution in [3.05, 3.63) is 65.2 Å². The van der Waals surface area contributed by atoms with Gasteiger partial charge in [-0.2, -0.15) is 0 Å². The van der Waals surface area contributed by atoms with Crippen LogP contribution in [-0.4, -0.2) is 36.4 Å². The number of anilines is 1. The standard InChI is InChI=1S/C24H31N3O2S/c1-19-6-5-7-22(14-19)26-24(29)18-30-17-23(28)25-15-20-8-10-21(11-9-20)16-27-12-3-2-4-13-27/h5-11,14H,2-4,12-13,15-18H2,1H3,(H,25,28)(H,26,29)/p+1. The Morgan fingerprint density at radius 3 is 2.37 bits per heavy atom. The second kappa shape index (κ2) is 11.8. The fourth-order valence-electron chi connectivity index (χ4n) is 3.70. The Balaban J connectivity index is 1.31. The van der Waals surface area contributed by atoms with Crippen LogP contribution in [0, 0.1) is 6.92 Å². The Morgan fingerprint density at radius 2 is 1.63 bits per heavy atom. The Labute approximate surface area is 183 Å². The summed E-state index contributed by atoms with van der Waals surface area (Å²) in [5, 5.41) is 5.79. The van der Waals surface area contributed by atoms with Crippen molar-refractivity contribution in [2.75, 3.05) is 29.9 Å². The van der Waals surface area contributed by atoms with E-state index < -0.39 is 0 Å². The minimum Gasteiger partial charge on any atom is -0.351 e. The smallest absolute Gasteiger partial charge is 0.234 e. The van der Waals surface area contributed by atoms with Crippen LogP contribution >= 0.6 is 11.8 Å². The number of piperidine rings is 1. The van der Waals surface area contributed by atoms with Gasteiger partial charge in [-0.25, -0.2) is 0 Å². The summed E-state index contributed by atoms with van der Waals surface area (Å²) in [5.41, 5.74) is 4.34. The van der Waals surface area contributed by atoms with Crippen LogP contribution in [-0.2, 0) is 22.7 Å². The lowest BCUT2D eigenvalue weighted by Crippen LogP contribution is -3.11. The van der Waals surface area contributed by atoms with Gasteiger partial charge in [-0.3, -0.25) is 9.59 Å². The van der Waals surface area contributed by atoms with Gasteiger partial charge in [-0.15, -0.1) is 11.8 Å². The first kappa shape index (κ1) is 22.4. The van der Waals surface area contributed by atoms with Crippen molar-refractivity contribution < 1.29 is 14.5 Å². The summed E-state index contributed by atoms with van der Waals surface area (Å²) in [6.45, 7) is 6.15. The third-order valence-corrected chi connectivity index (χ3v) is 6.23. The maximum absolute atomic E-state index is 12.1. The molecule has 0 bridgehead atoms. The van der Waals surface area contributed by atoms with Gasteiger partial charge in [0.15, 0.2) is 0 Å². The van der Waals surface area contributed by atoms with Crippen LogP contribution in [0.25, 0.3) is 0 Å². The van der Waals surface area contributed by atoms with Gasteiger partial charge in [0.05, 0.1) is 24.6 Å². The zero-order chi connectivity index (χ0) is 21.2. The van der Waals surface area contributed by atoms with Gasteiger partial charge in [0.2, 0.25) is 11.8 Å². The van der Waals surface area contributed by atoms with Gasteiger partial charge >= 0.3 is 0 Å². The first-order valence-electron chi connectivity index (χ1n) is 10.7. The van der Waals surface area contributed by atoms with E-state index in [9.17, 15) is 9.59 Å². The summed E-state index contributed by atoms with van der Waals surface area (Å²) in [4.78, 5) is 25.7. The van der Waals surface area contributed by atoms with Crippen LogP contribution < -0.4 is 15.5 Å². The van der Waals surface area contributed by atoms with Crippen molar-refractivity contribution in [3.8, 4) is 0 Å². The summed E-state index contributed by atoms with van der Waals surface area (Å²) >= 11 is 1.32. The number of carbonyl (C=O) groups is 2. The van der Waals surface area contributed by atoms with Gasteiger partial charge < -0.3 is 15.5 Å². The highest BCUT2D eigenvalue weighted by atomic mass is 32.2. The lowest BCUT2D eigenvalue weighted by atomic mass is 10.1. The lowest BCUT2D eigenvalue weighted by Gasteiger charge is -2.23. The number of carbonyl (C=O) groups excluding carboxylic acids is 2. The predicted molar refractivity (Wildman–Crippen MR) is 124 cm³/mol. The number of aryl methyl sites for hydroxylation is 1. The molecule has 160 valence electrons. The molecule has 0 unspecified atom stereocenters. The quantitative estimate of drug-likeness (QED) is 0.578. The van der Waals surface area contributed by atoms with Crippen molar-refractivity contribution in [2.24, 2.45) is 0 Å². The van der Waals surface area contributed by atoms with Crippen molar-refractivity contribution in [3.63, 3.8) is 0 Å². The second-order valence-corrected chi connectivity index (χ2v) is 8.98. The summed E-state index contributed by atoms with van der Waals surface area (Å²) in [5.74, 6) is 0.391. The van der Waals surface area contributed by atoms with Crippen molar-refractivity contribution in [1.29, 1.82) is 0 Å². The number of rotatable bonds is 9. The Morgan fingerprint density at radius 1 is 0.933 bits per heavy atom. The average Bonchev–Trinajstić information content (AvgIpc) is 2.74. The summed E-state index contributed by atoms with van der Waals surface area (Å²) in [6, 6.07) is 16.2. The molecule has 3 rings (SSSR count). The number of benzene rings is 2. The first-order chi connectivity index (χ1) is 14.6. The fraction of sp³-hybridized carbons (Fsp3) is 0.417. The van der Waals surface area contributed by atoms with E-state index in [1.165, 1.54) is 49.7 Å². The molecule has 5 nitrogen and oxygen atoms in total. The summed E-state index contributed by atoms with van der Waals surface area (Å²) in [7, 11) is 0. The zero-order valence-corrected chi connectivity index (χ0v) is 18.5.